The first-order valence-electron chi connectivity index (χ1n) is 8.53. The molecule has 0 unspecified atom stereocenters. The average molecular weight is 353 g/mol. The summed E-state index contributed by atoms with van der Waals surface area (Å²) >= 11 is 1.67. The van der Waals surface area contributed by atoms with E-state index < -0.39 is 0 Å². The van der Waals surface area contributed by atoms with Crippen molar-refractivity contribution in [2.45, 2.75) is 46.7 Å². The van der Waals surface area contributed by atoms with Crippen LogP contribution in [-0.4, -0.2) is 16.0 Å². The summed E-state index contributed by atoms with van der Waals surface area (Å²) in [5.41, 5.74) is 10.0. The monoisotopic (exact) mass is 352 g/mol. The number of rotatable bonds is 3. The lowest BCUT2D eigenvalue weighted by Gasteiger charge is -2.09. The molecular formula is C21H26N3S+. The van der Waals surface area contributed by atoms with Crippen LogP contribution < -0.4 is 4.57 Å². The Bertz CT molecular complexity index is 908. The van der Waals surface area contributed by atoms with E-state index in [0.717, 1.165) is 5.16 Å². The second kappa shape index (κ2) is 6.68. The fourth-order valence-electron chi connectivity index (χ4n) is 3.81. The minimum Gasteiger partial charge on any atom is -0.190 e. The smallest absolute Gasteiger partial charge is 0.190 e. The topological polar surface area (TPSA) is 21.7 Å². The molecule has 0 spiro atoms. The van der Waals surface area contributed by atoms with Gasteiger partial charge in [-0.2, -0.15) is 4.57 Å². The van der Waals surface area contributed by atoms with E-state index in [2.05, 4.69) is 83.0 Å². The molecule has 25 heavy (non-hydrogen) atoms. The van der Waals surface area contributed by atoms with Gasteiger partial charge >= 0.3 is 5.16 Å². The van der Waals surface area contributed by atoms with E-state index in [1.165, 1.54) is 44.8 Å². The SMILES string of the molecule is CSc1nn(-c2c(C)cc(C)cc2C)c[n+]1-c1c(C)cc(C)cc1C. The summed E-state index contributed by atoms with van der Waals surface area (Å²) in [6.07, 6.45) is 4.19. The number of aromatic nitrogens is 3. The van der Waals surface area contributed by atoms with Crippen molar-refractivity contribution in [1.29, 1.82) is 0 Å². The molecule has 0 amide bonds. The van der Waals surface area contributed by atoms with Crippen molar-refractivity contribution in [2.75, 3.05) is 6.26 Å². The van der Waals surface area contributed by atoms with Crippen LogP contribution in [0.4, 0.5) is 0 Å². The summed E-state index contributed by atoms with van der Waals surface area (Å²) in [6.45, 7) is 12.9. The summed E-state index contributed by atoms with van der Waals surface area (Å²) in [6, 6.07) is 8.91. The molecule has 0 saturated heterocycles. The average Bonchev–Trinajstić information content (AvgIpc) is 2.88. The van der Waals surface area contributed by atoms with Crippen LogP contribution in [0.1, 0.15) is 33.4 Å². The molecule has 130 valence electrons. The van der Waals surface area contributed by atoms with Gasteiger partial charge in [0.15, 0.2) is 0 Å². The van der Waals surface area contributed by atoms with E-state index in [-0.39, 0.29) is 0 Å². The molecule has 4 heteroatoms. The van der Waals surface area contributed by atoms with Crippen LogP contribution in [-0.2, 0) is 0 Å². The maximum absolute atomic E-state index is 4.87. The normalized spacial score (nSPS) is 11.2. The van der Waals surface area contributed by atoms with Crippen molar-refractivity contribution in [1.82, 2.24) is 9.78 Å². The molecule has 0 bridgehead atoms. The zero-order valence-corrected chi connectivity index (χ0v) is 17.0. The highest BCUT2D eigenvalue weighted by Crippen LogP contribution is 2.23. The summed E-state index contributed by atoms with van der Waals surface area (Å²) in [5, 5.41) is 5.87. The molecule has 1 heterocycles. The predicted octanol–water partition coefficient (Wildman–Crippen LogP) is 4.72. The van der Waals surface area contributed by atoms with Gasteiger partial charge in [0.1, 0.15) is 11.4 Å². The molecule has 0 aliphatic heterocycles. The highest BCUT2D eigenvalue weighted by Gasteiger charge is 2.23. The summed E-state index contributed by atoms with van der Waals surface area (Å²) in [4.78, 5) is 0. The van der Waals surface area contributed by atoms with Gasteiger partial charge in [-0.15, -0.1) is 0 Å². The standard InChI is InChI=1S/C21H26N3S/c1-13-8-15(3)19(16(4)9-13)23-12-24(22-21(23)25-7)20-17(5)10-14(2)11-18(20)6/h8-12H,1-7H3/q+1. The molecule has 0 atom stereocenters. The van der Waals surface area contributed by atoms with Crippen LogP contribution in [0.5, 0.6) is 0 Å². The van der Waals surface area contributed by atoms with Gasteiger partial charge in [0.05, 0.1) is 5.10 Å². The minimum atomic E-state index is 0.995. The first kappa shape index (κ1) is 17.7. The fraction of sp³-hybridized carbons (Fsp3) is 0.333. The Labute approximate surface area is 154 Å². The zero-order chi connectivity index (χ0) is 18.3. The van der Waals surface area contributed by atoms with Gasteiger partial charge in [-0.05, 0) is 70.1 Å². The Hall–Kier alpha value is -2.07. The first-order chi connectivity index (χ1) is 11.8. The van der Waals surface area contributed by atoms with Gasteiger partial charge in [-0.25, -0.2) is 0 Å². The lowest BCUT2D eigenvalue weighted by molar-refractivity contribution is -0.637. The highest BCUT2D eigenvalue weighted by atomic mass is 32.2. The highest BCUT2D eigenvalue weighted by molar-refractivity contribution is 7.98. The summed E-state index contributed by atoms with van der Waals surface area (Å²) in [7, 11) is 0. The zero-order valence-electron chi connectivity index (χ0n) is 16.1. The van der Waals surface area contributed by atoms with Crippen LogP contribution in [0.2, 0.25) is 0 Å². The molecule has 3 rings (SSSR count). The first-order valence-corrected chi connectivity index (χ1v) is 9.76. The fourth-order valence-corrected chi connectivity index (χ4v) is 4.32. The molecule has 0 N–H and O–H groups in total. The Morgan fingerprint density at radius 3 is 1.76 bits per heavy atom. The van der Waals surface area contributed by atoms with E-state index in [4.69, 9.17) is 5.10 Å². The number of aryl methyl sites for hydroxylation is 6. The molecular weight excluding hydrogens is 326 g/mol. The van der Waals surface area contributed by atoms with E-state index in [1.54, 1.807) is 11.8 Å². The van der Waals surface area contributed by atoms with Gasteiger partial charge < -0.3 is 0 Å². The van der Waals surface area contributed by atoms with Crippen LogP contribution in [0, 0.1) is 41.5 Å². The Kier molecular flexibility index (Phi) is 4.74. The molecule has 1 aromatic heterocycles. The molecule has 3 nitrogen and oxygen atoms in total. The third-order valence-electron chi connectivity index (χ3n) is 4.55. The van der Waals surface area contributed by atoms with Crippen LogP contribution in [0.25, 0.3) is 11.4 Å². The van der Waals surface area contributed by atoms with Crippen molar-refractivity contribution >= 4 is 11.8 Å². The van der Waals surface area contributed by atoms with Crippen molar-refractivity contribution in [3.63, 3.8) is 0 Å². The van der Waals surface area contributed by atoms with Gasteiger partial charge in [0, 0.05) is 0 Å². The maximum atomic E-state index is 4.87. The van der Waals surface area contributed by atoms with Crippen molar-refractivity contribution in [3.05, 3.63) is 64.0 Å². The van der Waals surface area contributed by atoms with Crippen molar-refractivity contribution in [2.24, 2.45) is 0 Å². The molecule has 0 aliphatic rings. The van der Waals surface area contributed by atoms with Gasteiger partial charge in [-0.1, -0.05) is 51.8 Å². The van der Waals surface area contributed by atoms with Crippen LogP contribution in [0.3, 0.4) is 0 Å². The molecule has 0 fully saturated rings. The van der Waals surface area contributed by atoms with Gasteiger partial charge in [0.2, 0.25) is 6.33 Å². The van der Waals surface area contributed by atoms with Crippen molar-refractivity contribution in [3.8, 4) is 11.4 Å². The molecule has 2 aromatic carbocycles. The molecule has 0 aliphatic carbocycles. The van der Waals surface area contributed by atoms with E-state index in [9.17, 15) is 0 Å². The van der Waals surface area contributed by atoms with E-state index >= 15 is 0 Å². The number of hydrogen-bond donors (Lipinski definition) is 0. The number of hydrogen-bond acceptors (Lipinski definition) is 2. The molecule has 3 aromatic rings. The summed E-state index contributed by atoms with van der Waals surface area (Å²) in [5.74, 6) is 0. The number of thioether (sulfide) groups is 1. The maximum Gasteiger partial charge on any atom is 0.341 e. The molecule has 0 saturated carbocycles. The number of nitrogens with zero attached hydrogens (tertiary/aromatic N) is 3. The van der Waals surface area contributed by atoms with E-state index in [0.29, 0.717) is 0 Å². The second-order valence-electron chi connectivity index (χ2n) is 6.91. The lowest BCUT2D eigenvalue weighted by Crippen LogP contribution is -2.33. The van der Waals surface area contributed by atoms with Gasteiger partial charge in [0.25, 0.3) is 0 Å². The summed E-state index contributed by atoms with van der Waals surface area (Å²) < 4.78 is 4.24. The lowest BCUT2D eigenvalue weighted by atomic mass is 10.1. The van der Waals surface area contributed by atoms with E-state index in [1.807, 2.05) is 4.68 Å². The minimum absolute atomic E-state index is 0.995. The van der Waals surface area contributed by atoms with Gasteiger partial charge in [-0.3, -0.25) is 0 Å². The Morgan fingerprint density at radius 1 is 0.800 bits per heavy atom. The number of benzene rings is 2. The second-order valence-corrected chi connectivity index (χ2v) is 7.68. The Balaban J connectivity index is 2.24. The Morgan fingerprint density at radius 2 is 1.28 bits per heavy atom. The quantitative estimate of drug-likeness (QED) is 0.502. The van der Waals surface area contributed by atoms with Crippen molar-refractivity contribution < 1.29 is 4.57 Å². The third-order valence-corrected chi connectivity index (χ3v) is 5.19. The molecule has 0 radical (unpaired) electrons. The third kappa shape index (κ3) is 3.23. The van der Waals surface area contributed by atoms with Crippen LogP contribution in [0.15, 0.2) is 35.7 Å². The largest absolute Gasteiger partial charge is 0.341 e. The van der Waals surface area contributed by atoms with Crippen LogP contribution >= 0.6 is 11.8 Å². The predicted molar refractivity (Wildman–Crippen MR) is 105 cm³/mol.